The van der Waals surface area contributed by atoms with E-state index in [0.29, 0.717) is 12.5 Å². The lowest BCUT2D eigenvalue weighted by Gasteiger charge is -2.30. The van der Waals surface area contributed by atoms with Gasteiger partial charge in [0.05, 0.1) is 12.7 Å². The summed E-state index contributed by atoms with van der Waals surface area (Å²) in [5.41, 5.74) is -0.0821. The van der Waals surface area contributed by atoms with Gasteiger partial charge >= 0.3 is 0 Å². The molecule has 0 fully saturated rings. The summed E-state index contributed by atoms with van der Waals surface area (Å²) in [6.45, 7) is 14.9. The number of hydrogen-bond donors (Lipinski definition) is 0. The fourth-order valence-corrected chi connectivity index (χ4v) is 0.856. The largest absolute Gasteiger partial charge is 0.346 e. The lowest BCUT2D eigenvalue weighted by molar-refractivity contribution is -0.407. The van der Waals surface area contributed by atoms with Crippen molar-refractivity contribution in [3.8, 4) is 0 Å². The molecule has 1 atom stereocenters. The monoisotopic (exact) mass is 218 g/mol. The Labute approximate surface area is 94.0 Å². The Morgan fingerprint density at radius 2 is 1.53 bits per heavy atom. The number of ether oxygens (including phenoxy) is 1. The summed E-state index contributed by atoms with van der Waals surface area (Å²) in [6.07, 6.45) is -0.187. The van der Waals surface area contributed by atoms with E-state index in [-0.39, 0.29) is 17.8 Å². The van der Waals surface area contributed by atoms with Gasteiger partial charge in [0.1, 0.15) is 0 Å². The number of hydrogen-bond acceptors (Lipinski definition) is 3. The summed E-state index contributed by atoms with van der Waals surface area (Å²) >= 11 is 0. The average molecular weight is 218 g/mol. The SMILES string of the molecule is CC(C)COOC(OC(C)C)C(C)(C)C. The second-order valence-corrected chi connectivity index (χ2v) is 5.66. The Hall–Kier alpha value is -0.120. The van der Waals surface area contributed by atoms with Crippen molar-refractivity contribution >= 4 is 0 Å². The Balaban J connectivity index is 4.03. The maximum Gasteiger partial charge on any atom is 0.196 e. The van der Waals surface area contributed by atoms with Crippen molar-refractivity contribution in [3.05, 3.63) is 0 Å². The first-order chi connectivity index (χ1) is 6.73. The van der Waals surface area contributed by atoms with Gasteiger partial charge in [0.2, 0.25) is 0 Å². The van der Waals surface area contributed by atoms with Gasteiger partial charge in [0.15, 0.2) is 6.29 Å². The summed E-state index contributed by atoms with van der Waals surface area (Å²) in [5.74, 6) is 0.463. The molecule has 3 nitrogen and oxygen atoms in total. The van der Waals surface area contributed by atoms with E-state index in [1.54, 1.807) is 0 Å². The van der Waals surface area contributed by atoms with Crippen molar-refractivity contribution in [2.24, 2.45) is 11.3 Å². The smallest absolute Gasteiger partial charge is 0.196 e. The second kappa shape index (κ2) is 6.46. The molecule has 3 heteroatoms. The fourth-order valence-electron chi connectivity index (χ4n) is 0.856. The van der Waals surface area contributed by atoms with Crippen LogP contribution in [0.3, 0.4) is 0 Å². The third kappa shape index (κ3) is 7.77. The normalized spacial score (nSPS) is 15.0. The first kappa shape index (κ1) is 14.9. The van der Waals surface area contributed by atoms with Gasteiger partial charge in [-0.15, -0.1) is 0 Å². The number of rotatable bonds is 6. The van der Waals surface area contributed by atoms with E-state index >= 15 is 0 Å². The van der Waals surface area contributed by atoms with E-state index in [1.807, 2.05) is 13.8 Å². The molecule has 0 rings (SSSR count). The second-order valence-electron chi connectivity index (χ2n) is 5.66. The molecular formula is C12H26O3. The van der Waals surface area contributed by atoms with Crippen molar-refractivity contribution < 1.29 is 14.5 Å². The maximum atomic E-state index is 5.65. The zero-order chi connectivity index (χ0) is 12.1. The van der Waals surface area contributed by atoms with Crippen LogP contribution >= 0.6 is 0 Å². The van der Waals surface area contributed by atoms with E-state index in [0.717, 1.165) is 0 Å². The molecule has 0 spiro atoms. The molecule has 0 aliphatic carbocycles. The zero-order valence-electron chi connectivity index (χ0n) is 11.2. The molecule has 0 radical (unpaired) electrons. The van der Waals surface area contributed by atoms with E-state index in [9.17, 15) is 0 Å². The molecular weight excluding hydrogens is 192 g/mol. The summed E-state index contributed by atoms with van der Waals surface area (Å²) in [5, 5.41) is 0. The highest BCUT2D eigenvalue weighted by molar-refractivity contribution is 4.66. The van der Waals surface area contributed by atoms with E-state index in [4.69, 9.17) is 14.5 Å². The molecule has 0 N–H and O–H groups in total. The summed E-state index contributed by atoms with van der Waals surface area (Å²) in [4.78, 5) is 10.5. The Kier molecular flexibility index (Phi) is 6.41. The first-order valence-electron chi connectivity index (χ1n) is 5.67. The summed E-state index contributed by atoms with van der Waals surface area (Å²) in [7, 11) is 0. The topological polar surface area (TPSA) is 27.7 Å². The minimum atomic E-state index is -0.323. The van der Waals surface area contributed by atoms with Crippen molar-refractivity contribution in [2.45, 2.75) is 60.9 Å². The minimum Gasteiger partial charge on any atom is -0.346 e. The van der Waals surface area contributed by atoms with Crippen LogP contribution < -0.4 is 0 Å². The van der Waals surface area contributed by atoms with Gasteiger partial charge in [-0.2, -0.15) is 0 Å². The van der Waals surface area contributed by atoms with Crippen LogP contribution in [0.4, 0.5) is 0 Å². The van der Waals surface area contributed by atoms with Crippen LogP contribution in [0.25, 0.3) is 0 Å². The molecule has 0 heterocycles. The van der Waals surface area contributed by atoms with Gasteiger partial charge in [-0.1, -0.05) is 34.6 Å². The third-order valence-electron chi connectivity index (χ3n) is 1.66. The molecule has 0 aromatic carbocycles. The van der Waals surface area contributed by atoms with Crippen molar-refractivity contribution in [2.75, 3.05) is 6.61 Å². The van der Waals surface area contributed by atoms with Gasteiger partial charge in [-0.05, 0) is 19.8 Å². The maximum absolute atomic E-state index is 5.65. The summed E-state index contributed by atoms with van der Waals surface area (Å²) in [6, 6.07) is 0. The van der Waals surface area contributed by atoms with Crippen LogP contribution in [-0.2, 0) is 14.5 Å². The van der Waals surface area contributed by atoms with Gasteiger partial charge in [-0.3, -0.25) is 0 Å². The minimum absolute atomic E-state index is 0.0821. The van der Waals surface area contributed by atoms with Gasteiger partial charge < -0.3 is 4.74 Å². The molecule has 0 amide bonds. The van der Waals surface area contributed by atoms with Gasteiger partial charge in [0, 0.05) is 5.41 Å². The van der Waals surface area contributed by atoms with Crippen molar-refractivity contribution in [3.63, 3.8) is 0 Å². The van der Waals surface area contributed by atoms with Gasteiger partial charge in [0.25, 0.3) is 0 Å². The highest BCUT2D eigenvalue weighted by atomic mass is 17.2. The van der Waals surface area contributed by atoms with E-state index < -0.39 is 0 Å². The molecule has 0 saturated carbocycles. The molecule has 0 aromatic heterocycles. The molecule has 0 saturated heterocycles. The molecule has 0 aromatic rings. The molecule has 15 heavy (non-hydrogen) atoms. The molecule has 0 bridgehead atoms. The highest BCUT2D eigenvalue weighted by Crippen LogP contribution is 2.24. The lowest BCUT2D eigenvalue weighted by atomic mass is 9.96. The third-order valence-corrected chi connectivity index (χ3v) is 1.66. The first-order valence-corrected chi connectivity index (χ1v) is 5.67. The van der Waals surface area contributed by atoms with Gasteiger partial charge in [-0.25, -0.2) is 9.78 Å². The molecule has 1 unspecified atom stereocenters. The van der Waals surface area contributed by atoms with E-state index in [1.165, 1.54) is 0 Å². The Morgan fingerprint density at radius 1 is 1.00 bits per heavy atom. The van der Waals surface area contributed by atoms with Crippen molar-refractivity contribution in [1.29, 1.82) is 0 Å². The zero-order valence-corrected chi connectivity index (χ0v) is 11.2. The predicted octanol–water partition coefficient (Wildman–Crippen LogP) is 3.39. The lowest BCUT2D eigenvalue weighted by Crippen LogP contribution is -2.34. The average Bonchev–Trinajstić information content (AvgIpc) is 1.99. The molecule has 92 valence electrons. The van der Waals surface area contributed by atoms with Crippen LogP contribution in [0, 0.1) is 11.3 Å². The predicted molar refractivity (Wildman–Crippen MR) is 61.3 cm³/mol. The Morgan fingerprint density at radius 3 is 1.87 bits per heavy atom. The van der Waals surface area contributed by atoms with E-state index in [2.05, 4.69) is 34.6 Å². The summed E-state index contributed by atoms with van der Waals surface area (Å²) < 4.78 is 5.65. The standard InChI is InChI=1S/C12H26O3/c1-9(2)8-13-15-11(12(5,6)7)14-10(3)4/h9-11H,8H2,1-7H3. The highest BCUT2D eigenvalue weighted by Gasteiger charge is 2.28. The van der Waals surface area contributed by atoms with Crippen LogP contribution in [0.15, 0.2) is 0 Å². The van der Waals surface area contributed by atoms with Crippen LogP contribution in [0.5, 0.6) is 0 Å². The van der Waals surface area contributed by atoms with Crippen LogP contribution in [0.2, 0.25) is 0 Å². The molecule has 0 aliphatic heterocycles. The van der Waals surface area contributed by atoms with Crippen LogP contribution in [-0.4, -0.2) is 19.0 Å². The van der Waals surface area contributed by atoms with Crippen LogP contribution in [0.1, 0.15) is 48.5 Å². The van der Waals surface area contributed by atoms with Crippen molar-refractivity contribution in [1.82, 2.24) is 0 Å². The quantitative estimate of drug-likeness (QED) is 0.388. The fraction of sp³-hybridized carbons (Fsp3) is 1.00. The molecule has 0 aliphatic rings. The Bertz CT molecular complexity index is 159.